The van der Waals surface area contributed by atoms with Gasteiger partial charge in [-0.15, -0.1) is 0 Å². The summed E-state index contributed by atoms with van der Waals surface area (Å²) in [6, 6.07) is 9.47. The molecule has 20 heavy (non-hydrogen) atoms. The van der Waals surface area contributed by atoms with Gasteiger partial charge in [0.1, 0.15) is 5.82 Å². The number of aliphatic hydroxyl groups is 2. The van der Waals surface area contributed by atoms with Crippen LogP contribution in [0.1, 0.15) is 10.4 Å². The van der Waals surface area contributed by atoms with Crippen molar-refractivity contribution >= 4 is 16.7 Å². The third kappa shape index (κ3) is 2.05. The number of hydrogen-bond acceptors (Lipinski definition) is 3. The quantitative estimate of drug-likeness (QED) is 0.821. The van der Waals surface area contributed by atoms with Crippen LogP contribution in [0.5, 0.6) is 0 Å². The first-order valence-corrected chi connectivity index (χ1v) is 6.40. The van der Waals surface area contributed by atoms with E-state index in [0.717, 1.165) is 0 Å². The van der Waals surface area contributed by atoms with Gasteiger partial charge in [-0.1, -0.05) is 24.3 Å². The fourth-order valence-corrected chi connectivity index (χ4v) is 2.55. The second kappa shape index (κ2) is 4.85. The number of likely N-dealkylation sites (tertiary alicyclic amines) is 1. The Bertz CT molecular complexity index is 663. The lowest BCUT2D eigenvalue weighted by atomic mass is 10.0. The first-order valence-electron chi connectivity index (χ1n) is 6.40. The summed E-state index contributed by atoms with van der Waals surface area (Å²) in [7, 11) is 0. The number of carbonyl (C=O) groups is 1. The van der Waals surface area contributed by atoms with Gasteiger partial charge in [0.05, 0.1) is 12.2 Å². The van der Waals surface area contributed by atoms with E-state index >= 15 is 0 Å². The summed E-state index contributed by atoms with van der Waals surface area (Å²) < 4.78 is 13.7. The number of amides is 1. The van der Waals surface area contributed by atoms with Crippen LogP contribution in [-0.2, 0) is 0 Å². The Kier molecular flexibility index (Phi) is 3.16. The summed E-state index contributed by atoms with van der Waals surface area (Å²) in [5.74, 6) is -0.685. The maximum absolute atomic E-state index is 13.7. The minimum Gasteiger partial charge on any atom is -0.388 e. The minimum absolute atomic E-state index is 0.0890. The van der Waals surface area contributed by atoms with E-state index < -0.39 is 12.2 Å². The van der Waals surface area contributed by atoms with Gasteiger partial charge in [-0.2, -0.15) is 0 Å². The largest absolute Gasteiger partial charge is 0.388 e. The Balaban J connectivity index is 2.03. The Morgan fingerprint density at radius 2 is 1.65 bits per heavy atom. The van der Waals surface area contributed by atoms with E-state index in [-0.39, 0.29) is 24.8 Å². The van der Waals surface area contributed by atoms with Gasteiger partial charge in [0, 0.05) is 24.0 Å². The second-order valence-corrected chi connectivity index (χ2v) is 4.99. The third-order valence-electron chi connectivity index (χ3n) is 3.65. The van der Waals surface area contributed by atoms with Crippen molar-refractivity contribution in [2.75, 3.05) is 13.1 Å². The van der Waals surface area contributed by atoms with E-state index in [1.807, 2.05) is 0 Å². The predicted octanol–water partition coefficient (Wildman–Crippen LogP) is 1.16. The molecule has 2 aromatic rings. The van der Waals surface area contributed by atoms with Crippen LogP contribution < -0.4 is 0 Å². The molecule has 2 unspecified atom stereocenters. The molecular weight excluding hydrogens is 261 g/mol. The van der Waals surface area contributed by atoms with Crippen molar-refractivity contribution in [2.24, 2.45) is 0 Å². The van der Waals surface area contributed by atoms with Gasteiger partial charge in [0.15, 0.2) is 0 Å². The van der Waals surface area contributed by atoms with E-state index in [9.17, 15) is 19.4 Å². The number of rotatable bonds is 1. The van der Waals surface area contributed by atoms with Crippen LogP contribution >= 0.6 is 0 Å². The lowest BCUT2D eigenvalue weighted by molar-refractivity contribution is 0.0572. The van der Waals surface area contributed by atoms with Crippen LogP contribution in [0.25, 0.3) is 10.8 Å². The van der Waals surface area contributed by atoms with Gasteiger partial charge in [0.2, 0.25) is 0 Å². The first-order chi connectivity index (χ1) is 9.58. The number of hydrogen-bond donors (Lipinski definition) is 2. The van der Waals surface area contributed by atoms with Crippen molar-refractivity contribution in [1.82, 2.24) is 4.90 Å². The van der Waals surface area contributed by atoms with Crippen molar-refractivity contribution in [2.45, 2.75) is 12.2 Å². The molecular formula is C15H14FNO3. The fourth-order valence-electron chi connectivity index (χ4n) is 2.55. The summed E-state index contributed by atoms with van der Waals surface area (Å²) in [4.78, 5) is 13.8. The summed E-state index contributed by atoms with van der Waals surface area (Å²) in [6.45, 7) is 0.178. The van der Waals surface area contributed by atoms with Crippen LogP contribution in [-0.4, -0.2) is 46.3 Å². The number of aliphatic hydroxyl groups excluding tert-OH is 2. The molecule has 2 aromatic carbocycles. The molecule has 1 heterocycles. The Morgan fingerprint density at radius 3 is 2.30 bits per heavy atom. The smallest absolute Gasteiger partial charge is 0.254 e. The average molecular weight is 275 g/mol. The van der Waals surface area contributed by atoms with Crippen molar-refractivity contribution < 1.29 is 19.4 Å². The van der Waals surface area contributed by atoms with Crippen molar-refractivity contribution in [1.29, 1.82) is 0 Å². The van der Waals surface area contributed by atoms with Crippen LogP contribution in [0, 0.1) is 5.82 Å². The molecule has 1 amide bonds. The highest BCUT2D eigenvalue weighted by atomic mass is 19.1. The van der Waals surface area contributed by atoms with E-state index in [2.05, 4.69) is 0 Å². The Morgan fingerprint density at radius 1 is 1.05 bits per heavy atom. The molecule has 0 saturated carbocycles. The number of fused-ring (bicyclic) bond motifs is 1. The zero-order chi connectivity index (χ0) is 14.3. The molecule has 0 bridgehead atoms. The topological polar surface area (TPSA) is 60.8 Å². The zero-order valence-electron chi connectivity index (χ0n) is 10.7. The van der Waals surface area contributed by atoms with Crippen molar-refractivity contribution in [3.05, 3.63) is 47.8 Å². The monoisotopic (exact) mass is 275 g/mol. The maximum atomic E-state index is 13.7. The van der Waals surface area contributed by atoms with Gasteiger partial charge in [0.25, 0.3) is 5.91 Å². The van der Waals surface area contributed by atoms with Crippen molar-refractivity contribution in [3.63, 3.8) is 0 Å². The van der Waals surface area contributed by atoms with E-state index in [4.69, 9.17) is 0 Å². The normalized spacial score (nSPS) is 22.4. The highest BCUT2D eigenvalue weighted by Gasteiger charge is 2.33. The van der Waals surface area contributed by atoms with Gasteiger partial charge in [-0.3, -0.25) is 4.79 Å². The lowest BCUT2D eigenvalue weighted by Gasteiger charge is -2.16. The molecule has 0 aromatic heterocycles. The molecule has 104 valence electrons. The Hall–Kier alpha value is -1.98. The maximum Gasteiger partial charge on any atom is 0.254 e. The average Bonchev–Trinajstić information content (AvgIpc) is 2.79. The number of benzene rings is 2. The molecule has 4 nitrogen and oxygen atoms in total. The molecule has 1 fully saturated rings. The fraction of sp³-hybridized carbons (Fsp3) is 0.267. The molecule has 2 N–H and O–H groups in total. The van der Waals surface area contributed by atoms with Crippen LogP contribution in [0.3, 0.4) is 0 Å². The molecule has 0 spiro atoms. The first kappa shape index (κ1) is 13.0. The van der Waals surface area contributed by atoms with Crippen LogP contribution in [0.15, 0.2) is 36.4 Å². The van der Waals surface area contributed by atoms with Gasteiger partial charge in [-0.05, 0) is 17.5 Å². The second-order valence-electron chi connectivity index (χ2n) is 4.99. The molecule has 3 rings (SSSR count). The number of nitrogens with zero attached hydrogens (tertiary/aromatic N) is 1. The molecule has 1 aliphatic rings. The third-order valence-corrected chi connectivity index (χ3v) is 3.65. The number of β-amino-alcohol motifs (C(OH)–C–C–N with tert-alkyl or cyclic N) is 2. The Labute approximate surface area is 115 Å². The van der Waals surface area contributed by atoms with E-state index in [1.54, 1.807) is 24.3 Å². The van der Waals surface area contributed by atoms with Crippen LogP contribution in [0.4, 0.5) is 4.39 Å². The highest BCUT2D eigenvalue weighted by molar-refractivity contribution is 6.07. The summed E-state index contributed by atoms with van der Waals surface area (Å²) in [6.07, 6.45) is -1.85. The molecule has 0 aliphatic carbocycles. The summed E-state index contributed by atoms with van der Waals surface area (Å²) >= 11 is 0. The van der Waals surface area contributed by atoms with Crippen molar-refractivity contribution in [3.8, 4) is 0 Å². The lowest BCUT2D eigenvalue weighted by Crippen LogP contribution is -2.30. The molecule has 1 aliphatic heterocycles. The summed E-state index contributed by atoms with van der Waals surface area (Å²) in [5, 5.41) is 20.0. The zero-order valence-corrected chi connectivity index (χ0v) is 10.7. The predicted molar refractivity (Wildman–Crippen MR) is 71.8 cm³/mol. The number of carbonyl (C=O) groups excluding carboxylic acids is 1. The SMILES string of the molecule is O=C(c1ccc(F)c2ccccc12)N1CC(O)C(O)C1. The van der Waals surface area contributed by atoms with Gasteiger partial charge >= 0.3 is 0 Å². The standard InChI is InChI=1S/C15H14FNO3/c16-12-6-5-11(9-3-1-2-4-10(9)12)15(20)17-7-13(18)14(19)8-17/h1-6,13-14,18-19H,7-8H2. The van der Waals surface area contributed by atoms with E-state index in [1.165, 1.54) is 17.0 Å². The minimum atomic E-state index is -0.925. The molecule has 2 atom stereocenters. The molecule has 0 radical (unpaired) electrons. The molecule has 1 saturated heterocycles. The van der Waals surface area contributed by atoms with E-state index in [0.29, 0.717) is 16.3 Å². The van der Waals surface area contributed by atoms with Gasteiger partial charge < -0.3 is 15.1 Å². The highest BCUT2D eigenvalue weighted by Crippen LogP contribution is 2.24. The molecule has 5 heteroatoms. The summed E-state index contributed by atoms with van der Waals surface area (Å²) in [5.41, 5.74) is 0.378. The number of halogens is 1. The van der Waals surface area contributed by atoms with Crippen LogP contribution in [0.2, 0.25) is 0 Å². The van der Waals surface area contributed by atoms with Gasteiger partial charge in [-0.25, -0.2) is 4.39 Å².